The molecule has 3 aromatic rings. The molecule has 0 atom stereocenters. The third-order valence-electron chi connectivity index (χ3n) is 6.86. The van der Waals surface area contributed by atoms with E-state index in [4.69, 9.17) is 4.42 Å². The van der Waals surface area contributed by atoms with Crippen molar-refractivity contribution in [2.24, 2.45) is 0 Å². The molecule has 188 valence electrons. The van der Waals surface area contributed by atoms with Crippen molar-refractivity contribution in [3.05, 3.63) is 46.8 Å². The summed E-state index contributed by atoms with van der Waals surface area (Å²) >= 11 is 0. The highest BCUT2D eigenvalue weighted by atomic mass is 32.2. The van der Waals surface area contributed by atoms with Crippen molar-refractivity contribution in [2.75, 3.05) is 66.5 Å². The zero-order valence-electron chi connectivity index (χ0n) is 19.7. The van der Waals surface area contributed by atoms with Gasteiger partial charge in [-0.15, -0.1) is 0 Å². The van der Waals surface area contributed by atoms with Gasteiger partial charge in [0.05, 0.1) is 15.2 Å². The molecule has 10 nitrogen and oxygen atoms in total. The highest BCUT2D eigenvalue weighted by Gasteiger charge is 2.29. The number of benzene rings is 2. The summed E-state index contributed by atoms with van der Waals surface area (Å²) in [5.74, 6) is 0. The third-order valence-corrected chi connectivity index (χ3v) is 10.6. The number of rotatable bonds is 4. The van der Waals surface area contributed by atoms with Crippen molar-refractivity contribution in [3.8, 4) is 0 Å². The molecular formula is C23H28N4O6S2. The second-order valence-corrected chi connectivity index (χ2v) is 13.0. The van der Waals surface area contributed by atoms with Crippen molar-refractivity contribution in [1.82, 2.24) is 18.4 Å². The molecule has 2 fully saturated rings. The molecule has 0 radical (unpaired) electrons. The summed E-state index contributed by atoms with van der Waals surface area (Å²) in [7, 11) is -3.59. The molecule has 3 heterocycles. The molecule has 0 saturated carbocycles. The van der Waals surface area contributed by atoms with Crippen molar-refractivity contribution >= 4 is 41.8 Å². The van der Waals surface area contributed by atoms with E-state index in [1.807, 2.05) is 14.1 Å². The molecule has 5 rings (SSSR count). The minimum atomic E-state index is -3.75. The summed E-state index contributed by atoms with van der Waals surface area (Å²) < 4.78 is 60.9. The fourth-order valence-corrected chi connectivity index (χ4v) is 7.45. The van der Waals surface area contributed by atoms with E-state index in [2.05, 4.69) is 9.80 Å². The van der Waals surface area contributed by atoms with E-state index in [9.17, 15) is 21.6 Å². The minimum Gasteiger partial charge on any atom is -0.422 e. The SMILES string of the molecule is CN1CCN(S(=O)(=O)c2ccc3c(c2)oc(=O)c2cc(S(=O)(=O)N4CCN(C)CC4)ccc23)CC1. The number of piperazine rings is 2. The van der Waals surface area contributed by atoms with Crippen LogP contribution in [0, 0.1) is 0 Å². The lowest BCUT2D eigenvalue weighted by molar-refractivity contribution is 0.222. The number of nitrogens with zero attached hydrogens (tertiary/aromatic N) is 4. The quantitative estimate of drug-likeness (QED) is 0.367. The molecule has 0 N–H and O–H groups in total. The zero-order valence-corrected chi connectivity index (χ0v) is 21.3. The predicted molar refractivity (Wildman–Crippen MR) is 133 cm³/mol. The summed E-state index contributed by atoms with van der Waals surface area (Å²) in [4.78, 5) is 17.1. The summed E-state index contributed by atoms with van der Waals surface area (Å²) in [5.41, 5.74) is -0.565. The number of sulfonamides is 2. The first-order chi connectivity index (χ1) is 16.6. The molecule has 0 spiro atoms. The van der Waals surface area contributed by atoms with E-state index in [0.717, 1.165) is 0 Å². The maximum Gasteiger partial charge on any atom is 0.344 e. The summed E-state index contributed by atoms with van der Waals surface area (Å²) in [6.07, 6.45) is 0. The maximum absolute atomic E-state index is 13.1. The fraction of sp³-hybridized carbons (Fsp3) is 0.435. The van der Waals surface area contributed by atoms with Gasteiger partial charge in [0, 0.05) is 69.2 Å². The zero-order chi connectivity index (χ0) is 25.0. The first-order valence-corrected chi connectivity index (χ1v) is 14.3. The van der Waals surface area contributed by atoms with E-state index in [-0.39, 0.29) is 20.8 Å². The Labute approximate surface area is 204 Å². The van der Waals surface area contributed by atoms with Crippen LogP contribution in [0.4, 0.5) is 0 Å². The number of hydrogen-bond acceptors (Lipinski definition) is 8. The Morgan fingerprint density at radius 3 is 1.60 bits per heavy atom. The van der Waals surface area contributed by atoms with Crippen LogP contribution in [-0.2, 0) is 20.0 Å². The lowest BCUT2D eigenvalue weighted by atomic mass is 10.1. The van der Waals surface area contributed by atoms with Crippen LogP contribution in [0.15, 0.2) is 55.4 Å². The van der Waals surface area contributed by atoms with Gasteiger partial charge in [-0.3, -0.25) is 0 Å². The average molecular weight is 521 g/mol. The van der Waals surface area contributed by atoms with Gasteiger partial charge in [-0.2, -0.15) is 8.61 Å². The Bertz CT molecular complexity index is 1550. The van der Waals surface area contributed by atoms with E-state index in [0.29, 0.717) is 63.1 Å². The van der Waals surface area contributed by atoms with Gasteiger partial charge in [-0.25, -0.2) is 21.6 Å². The van der Waals surface area contributed by atoms with Crippen LogP contribution in [0.2, 0.25) is 0 Å². The van der Waals surface area contributed by atoms with E-state index in [1.165, 1.54) is 32.9 Å². The molecular weight excluding hydrogens is 492 g/mol. The second kappa shape index (κ2) is 8.95. The molecule has 0 unspecified atom stereocenters. The highest BCUT2D eigenvalue weighted by Crippen LogP contribution is 2.29. The lowest BCUT2D eigenvalue weighted by Gasteiger charge is -2.31. The normalized spacial score (nSPS) is 20.1. The molecule has 1 aromatic heterocycles. The van der Waals surface area contributed by atoms with Crippen LogP contribution < -0.4 is 5.63 Å². The van der Waals surface area contributed by atoms with Crippen molar-refractivity contribution in [1.29, 1.82) is 0 Å². The summed E-state index contributed by atoms with van der Waals surface area (Å²) in [6, 6.07) is 8.92. The standard InChI is InChI=1S/C23H28N4O6S2/c1-24-7-11-26(12-8-24)34(29,30)17-3-5-19-20-6-4-18(16-22(20)33-23(28)21(19)15-17)35(31,32)27-13-9-25(2)10-14-27/h3-6,15-16H,7-14H2,1-2H3. The summed E-state index contributed by atoms with van der Waals surface area (Å²) in [6.45, 7) is 4.11. The van der Waals surface area contributed by atoms with Gasteiger partial charge >= 0.3 is 5.63 Å². The van der Waals surface area contributed by atoms with Crippen LogP contribution in [-0.4, -0.2) is 102 Å². The minimum absolute atomic E-state index is 0.0375. The van der Waals surface area contributed by atoms with Crippen LogP contribution in [0.25, 0.3) is 21.7 Å². The van der Waals surface area contributed by atoms with Gasteiger partial charge in [-0.05, 0) is 38.4 Å². The van der Waals surface area contributed by atoms with Gasteiger partial charge < -0.3 is 14.2 Å². The number of likely N-dealkylation sites (N-methyl/N-ethyl adjacent to an activating group) is 2. The van der Waals surface area contributed by atoms with Crippen molar-refractivity contribution < 1.29 is 21.3 Å². The monoisotopic (exact) mass is 520 g/mol. The lowest BCUT2D eigenvalue weighted by Crippen LogP contribution is -2.47. The smallest absolute Gasteiger partial charge is 0.344 e. The van der Waals surface area contributed by atoms with Crippen LogP contribution in [0.3, 0.4) is 0 Å². The van der Waals surface area contributed by atoms with Crippen LogP contribution in [0.1, 0.15) is 0 Å². The average Bonchev–Trinajstić information content (AvgIpc) is 2.84. The molecule has 2 aromatic carbocycles. The Balaban J connectivity index is 1.53. The fourth-order valence-electron chi connectivity index (χ4n) is 4.57. The van der Waals surface area contributed by atoms with Gasteiger partial charge in [0.1, 0.15) is 5.58 Å². The van der Waals surface area contributed by atoms with Gasteiger partial charge in [0.2, 0.25) is 20.0 Å². The molecule has 0 aliphatic carbocycles. The van der Waals surface area contributed by atoms with Crippen molar-refractivity contribution in [3.63, 3.8) is 0 Å². The summed E-state index contributed by atoms with van der Waals surface area (Å²) in [5, 5.41) is 1.19. The Kier molecular flexibility index (Phi) is 6.22. The van der Waals surface area contributed by atoms with E-state index < -0.39 is 25.7 Å². The Morgan fingerprint density at radius 2 is 1.09 bits per heavy atom. The van der Waals surface area contributed by atoms with E-state index >= 15 is 0 Å². The van der Waals surface area contributed by atoms with Crippen molar-refractivity contribution in [2.45, 2.75) is 9.79 Å². The van der Waals surface area contributed by atoms with E-state index in [1.54, 1.807) is 12.1 Å². The van der Waals surface area contributed by atoms with Gasteiger partial charge in [0.25, 0.3) is 0 Å². The van der Waals surface area contributed by atoms with Crippen LogP contribution in [0.5, 0.6) is 0 Å². The Hall–Kier alpha value is -2.35. The first kappa shape index (κ1) is 24.3. The molecule has 0 bridgehead atoms. The topological polar surface area (TPSA) is 111 Å². The largest absolute Gasteiger partial charge is 0.422 e. The molecule has 0 amide bonds. The molecule has 2 aliphatic heterocycles. The Morgan fingerprint density at radius 1 is 0.629 bits per heavy atom. The number of hydrogen-bond donors (Lipinski definition) is 0. The second-order valence-electron chi connectivity index (χ2n) is 9.17. The molecule has 2 aliphatic rings. The highest BCUT2D eigenvalue weighted by molar-refractivity contribution is 7.89. The first-order valence-electron chi connectivity index (χ1n) is 11.5. The molecule has 12 heteroatoms. The number of fused-ring (bicyclic) bond motifs is 3. The van der Waals surface area contributed by atoms with Gasteiger partial charge in [0.15, 0.2) is 0 Å². The third kappa shape index (κ3) is 4.39. The molecule has 2 saturated heterocycles. The van der Waals surface area contributed by atoms with Gasteiger partial charge in [-0.1, -0.05) is 6.07 Å². The maximum atomic E-state index is 13.1. The molecule has 35 heavy (non-hydrogen) atoms. The predicted octanol–water partition coefficient (Wildman–Crippen LogP) is 0.818. The van der Waals surface area contributed by atoms with Crippen LogP contribution >= 0.6 is 0 Å².